The summed E-state index contributed by atoms with van der Waals surface area (Å²) in [6, 6.07) is 6.61. The predicted octanol–water partition coefficient (Wildman–Crippen LogP) is 1.75. The Labute approximate surface area is 191 Å². The van der Waals surface area contributed by atoms with Crippen LogP contribution in [0.3, 0.4) is 0 Å². The number of benzene rings is 2. The molecule has 1 amide bonds. The number of nitrogens with two attached hydrogens (primary N) is 1. The molecule has 2 aliphatic heterocycles. The van der Waals surface area contributed by atoms with Crippen molar-refractivity contribution in [1.82, 2.24) is 4.90 Å². The molecule has 0 spiro atoms. The Balaban J connectivity index is 1.57. The lowest BCUT2D eigenvalue weighted by molar-refractivity contribution is 0.0745. The summed E-state index contributed by atoms with van der Waals surface area (Å²) in [7, 11) is -3.50. The van der Waals surface area contributed by atoms with Crippen LogP contribution in [-0.4, -0.2) is 78.0 Å². The molecule has 2 aromatic carbocycles. The monoisotopic (exact) mass is 480 g/mol. The first-order valence-corrected chi connectivity index (χ1v) is 12.5. The molecule has 2 aliphatic rings. The van der Waals surface area contributed by atoms with E-state index in [4.69, 9.17) is 10.5 Å². The van der Waals surface area contributed by atoms with E-state index in [2.05, 4.69) is 0 Å². The summed E-state index contributed by atoms with van der Waals surface area (Å²) >= 11 is 0. The topological polar surface area (TPSA) is 96.2 Å². The van der Waals surface area contributed by atoms with Gasteiger partial charge in [-0.05, 0) is 18.2 Å². The Morgan fingerprint density at radius 3 is 2.18 bits per heavy atom. The zero-order valence-corrected chi connectivity index (χ0v) is 19.1. The molecule has 2 heterocycles. The van der Waals surface area contributed by atoms with E-state index in [1.54, 1.807) is 15.9 Å². The number of morpholine rings is 1. The molecule has 0 aliphatic carbocycles. The van der Waals surface area contributed by atoms with E-state index in [9.17, 15) is 22.0 Å². The third-order valence-electron chi connectivity index (χ3n) is 5.95. The molecule has 2 N–H and O–H groups in total. The average molecular weight is 481 g/mol. The van der Waals surface area contributed by atoms with E-state index in [1.807, 2.05) is 4.90 Å². The van der Waals surface area contributed by atoms with Gasteiger partial charge in [0.2, 0.25) is 0 Å². The number of ether oxygens (including phenoxy) is 1. The fourth-order valence-electron chi connectivity index (χ4n) is 4.11. The minimum absolute atomic E-state index is 0.0703. The Morgan fingerprint density at radius 2 is 1.55 bits per heavy atom. The lowest BCUT2D eigenvalue weighted by Gasteiger charge is -2.37. The first-order valence-electron chi connectivity index (χ1n) is 10.6. The molecule has 33 heavy (non-hydrogen) atoms. The number of rotatable bonds is 4. The summed E-state index contributed by atoms with van der Waals surface area (Å²) in [5, 5.41) is 0. The van der Waals surface area contributed by atoms with Crippen molar-refractivity contribution < 1.29 is 26.7 Å². The van der Waals surface area contributed by atoms with Gasteiger partial charge in [-0.25, -0.2) is 17.2 Å². The molecular weight excluding hydrogens is 454 g/mol. The third-order valence-corrected chi connectivity index (χ3v) is 7.06. The fraction of sp³-hybridized carbons (Fsp3) is 0.409. The number of nitrogens with zero attached hydrogens (tertiary/aromatic N) is 3. The van der Waals surface area contributed by atoms with Gasteiger partial charge in [-0.15, -0.1) is 0 Å². The molecule has 0 radical (unpaired) electrons. The highest BCUT2D eigenvalue weighted by atomic mass is 32.2. The fourth-order valence-corrected chi connectivity index (χ4v) is 4.76. The third kappa shape index (κ3) is 4.88. The summed E-state index contributed by atoms with van der Waals surface area (Å²) in [6.45, 7) is 3.36. The summed E-state index contributed by atoms with van der Waals surface area (Å²) in [5.41, 5.74) is 6.22. The van der Waals surface area contributed by atoms with Crippen LogP contribution < -0.4 is 15.5 Å². The van der Waals surface area contributed by atoms with Gasteiger partial charge in [0.15, 0.2) is 9.84 Å². The number of hydrogen-bond acceptors (Lipinski definition) is 7. The zero-order valence-electron chi connectivity index (χ0n) is 18.3. The lowest BCUT2D eigenvalue weighted by Crippen LogP contribution is -2.49. The van der Waals surface area contributed by atoms with Crippen molar-refractivity contribution in [2.45, 2.75) is 4.90 Å². The minimum atomic E-state index is -3.50. The van der Waals surface area contributed by atoms with Crippen molar-refractivity contribution in [1.29, 1.82) is 0 Å². The molecule has 11 heteroatoms. The highest BCUT2D eigenvalue weighted by Gasteiger charge is 2.28. The molecule has 0 atom stereocenters. The van der Waals surface area contributed by atoms with Crippen LogP contribution in [0.1, 0.15) is 10.4 Å². The first kappa shape index (κ1) is 23.2. The largest absolute Gasteiger partial charge is 0.396 e. The maximum atomic E-state index is 14.3. The van der Waals surface area contributed by atoms with Gasteiger partial charge >= 0.3 is 0 Å². The molecule has 0 saturated carbocycles. The van der Waals surface area contributed by atoms with E-state index in [0.717, 1.165) is 18.4 Å². The highest BCUT2D eigenvalue weighted by Crippen LogP contribution is 2.29. The number of sulfone groups is 1. The lowest BCUT2D eigenvalue weighted by atomic mass is 10.1. The standard InChI is InChI=1S/C22H26F2N4O4S/c1-33(30,31)15-2-3-20(27-8-10-32-11-9-27)16(12-15)22(29)28-6-4-26(5-7-28)21-14-17(23)19(25)13-18(21)24/h2-3,12-14H,4-11,25H2,1H3. The van der Waals surface area contributed by atoms with Gasteiger partial charge in [0.25, 0.3) is 5.91 Å². The van der Waals surface area contributed by atoms with Crippen molar-refractivity contribution in [3.63, 3.8) is 0 Å². The van der Waals surface area contributed by atoms with Crippen LogP contribution in [-0.2, 0) is 14.6 Å². The van der Waals surface area contributed by atoms with Crippen molar-refractivity contribution in [3.05, 3.63) is 47.5 Å². The van der Waals surface area contributed by atoms with E-state index < -0.39 is 21.5 Å². The minimum Gasteiger partial charge on any atom is -0.396 e. The normalized spacial score (nSPS) is 17.4. The summed E-state index contributed by atoms with van der Waals surface area (Å²) in [5.74, 6) is -1.62. The molecule has 8 nitrogen and oxygen atoms in total. The number of anilines is 3. The van der Waals surface area contributed by atoms with E-state index in [1.165, 1.54) is 12.1 Å². The molecule has 0 aromatic heterocycles. The summed E-state index contributed by atoms with van der Waals surface area (Å²) < 4.78 is 57.8. The summed E-state index contributed by atoms with van der Waals surface area (Å²) in [4.78, 5) is 18.8. The van der Waals surface area contributed by atoms with Crippen LogP contribution in [0.15, 0.2) is 35.2 Å². The number of halogens is 2. The van der Waals surface area contributed by atoms with Crippen LogP contribution in [0.4, 0.5) is 25.8 Å². The number of nitrogen functional groups attached to an aromatic ring is 1. The maximum absolute atomic E-state index is 14.3. The van der Waals surface area contributed by atoms with Crippen molar-refractivity contribution in [2.24, 2.45) is 0 Å². The van der Waals surface area contributed by atoms with Crippen molar-refractivity contribution in [3.8, 4) is 0 Å². The smallest absolute Gasteiger partial charge is 0.256 e. The number of carbonyl (C=O) groups excluding carboxylic acids is 1. The highest BCUT2D eigenvalue weighted by molar-refractivity contribution is 7.90. The quantitative estimate of drug-likeness (QED) is 0.666. The SMILES string of the molecule is CS(=O)(=O)c1ccc(N2CCOCC2)c(C(=O)N2CCN(c3cc(F)c(N)cc3F)CC2)c1. The van der Waals surface area contributed by atoms with E-state index in [0.29, 0.717) is 50.6 Å². The molecule has 4 rings (SSSR count). The Morgan fingerprint density at radius 1 is 0.909 bits per heavy atom. The Hall–Kier alpha value is -2.92. The Kier molecular flexibility index (Phi) is 6.44. The van der Waals surface area contributed by atoms with E-state index >= 15 is 0 Å². The van der Waals surface area contributed by atoms with Crippen LogP contribution in [0.5, 0.6) is 0 Å². The zero-order chi connectivity index (χ0) is 23.8. The van der Waals surface area contributed by atoms with Crippen LogP contribution in [0.2, 0.25) is 0 Å². The molecule has 2 saturated heterocycles. The van der Waals surface area contributed by atoms with Gasteiger partial charge in [0.1, 0.15) is 11.6 Å². The molecule has 2 fully saturated rings. The molecule has 0 bridgehead atoms. The maximum Gasteiger partial charge on any atom is 0.256 e. The second kappa shape index (κ2) is 9.14. The number of piperazine rings is 1. The average Bonchev–Trinajstić information content (AvgIpc) is 2.81. The molecule has 2 aromatic rings. The van der Waals surface area contributed by atoms with Crippen molar-refractivity contribution in [2.75, 3.05) is 74.3 Å². The number of amides is 1. The van der Waals surface area contributed by atoms with Gasteiger partial charge in [0.05, 0.1) is 35.0 Å². The van der Waals surface area contributed by atoms with Gasteiger partial charge < -0.3 is 25.2 Å². The van der Waals surface area contributed by atoms with Crippen LogP contribution in [0, 0.1) is 11.6 Å². The van der Waals surface area contributed by atoms with Gasteiger partial charge in [-0.2, -0.15) is 0 Å². The van der Waals surface area contributed by atoms with Crippen LogP contribution in [0.25, 0.3) is 0 Å². The predicted molar refractivity (Wildman–Crippen MR) is 121 cm³/mol. The van der Waals surface area contributed by atoms with E-state index in [-0.39, 0.29) is 35.3 Å². The second-order valence-electron chi connectivity index (χ2n) is 8.15. The van der Waals surface area contributed by atoms with Crippen molar-refractivity contribution >= 4 is 32.8 Å². The number of hydrogen-bond donors (Lipinski definition) is 1. The Bertz CT molecular complexity index is 1160. The molecular formula is C22H26F2N4O4S. The summed E-state index contributed by atoms with van der Waals surface area (Å²) in [6.07, 6.45) is 1.10. The number of carbonyl (C=O) groups is 1. The molecule has 0 unspecified atom stereocenters. The van der Waals surface area contributed by atoms with Crippen LogP contribution >= 0.6 is 0 Å². The second-order valence-corrected chi connectivity index (χ2v) is 10.2. The van der Waals surface area contributed by atoms with Gasteiger partial charge in [-0.3, -0.25) is 4.79 Å². The van der Waals surface area contributed by atoms with Gasteiger partial charge in [-0.1, -0.05) is 0 Å². The van der Waals surface area contributed by atoms with Gasteiger partial charge in [0, 0.05) is 63.3 Å². The first-order chi connectivity index (χ1) is 15.6. The molecule has 178 valence electrons.